The lowest BCUT2D eigenvalue weighted by Gasteiger charge is -2.30. The van der Waals surface area contributed by atoms with E-state index in [1.54, 1.807) is 0 Å². The minimum Gasteiger partial charge on any atom is -0.332 e. The van der Waals surface area contributed by atoms with E-state index in [4.69, 9.17) is 5.73 Å². The Morgan fingerprint density at radius 3 is 2.65 bits per heavy atom. The summed E-state index contributed by atoms with van der Waals surface area (Å²) in [6, 6.07) is 1.21. The fraction of sp³-hybridized carbons (Fsp3) is 0.471. The van der Waals surface area contributed by atoms with Crippen molar-refractivity contribution in [3.63, 3.8) is 0 Å². The summed E-state index contributed by atoms with van der Waals surface area (Å²) in [7, 11) is 0. The summed E-state index contributed by atoms with van der Waals surface area (Å²) in [5, 5.41) is 0. The van der Waals surface area contributed by atoms with Gasteiger partial charge in [-0.1, -0.05) is 0 Å². The molecule has 0 saturated carbocycles. The van der Waals surface area contributed by atoms with Crippen LogP contribution in [0.15, 0.2) is 12.1 Å². The lowest BCUT2D eigenvalue weighted by Crippen LogP contribution is -2.37. The van der Waals surface area contributed by atoms with Gasteiger partial charge in [0.15, 0.2) is 11.6 Å². The predicted molar refractivity (Wildman–Crippen MR) is 79.6 cm³/mol. The van der Waals surface area contributed by atoms with Crippen LogP contribution in [0.25, 0.3) is 0 Å². The van der Waals surface area contributed by atoms with Crippen molar-refractivity contribution in [3.8, 4) is 0 Å². The Hall–Kier alpha value is -1.82. The van der Waals surface area contributed by atoms with E-state index in [9.17, 15) is 13.2 Å². The molecule has 2 atom stereocenters. The minimum absolute atomic E-state index is 0.146. The summed E-state index contributed by atoms with van der Waals surface area (Å²) >= 11 is 0. The molecule has 0 fully saturated rings. The Kier molecular flexibility index (Phi) is 3.44. The number of imidazole rings is 1. The van der Waals surface area contributed by atoms with E-state index in [2.05, 4.69) is 9.55 Å². The maximum atomic E-state index is 14.1. The van der Waals surface area contributed by atoms with E-state index >= 15 is 0 Å². The van der Waals surface area contributed by atoms with E-state index in [-0.39, 0.29) is 17.5 Å². The lowest BCUT2D eigenvalue weighted by molar-refractivity contribution is 0.434. The van der Waals surface area contributed by atoms with Gasteiger partial charge in [0.2, 0.25) is 0 Å². The van der Waals surface area contributed by atoms with E-state index in [1.165, 1.54) is 0 Å². The molecule has 6 heteroatoms. The van der Waals surface area contributed by atoms with Gasteiger partial charge in [-0.05, 0) is 30.9 Å². The number of fused-ring (bicyclic) bond motifs is 3. The van der Waals surface area contributed by atoms with Gasteiger partial charge in [0, 0.05) is 43.1 Å². The molecule has 2 aromatic rings. The van der Waals surface area contributed by atoms with Crippen molar-refractivity contribution in [2.75, 3.05) is 0 Å². The highest BCUT2D eigenvalue weighted by molar-refractivity contribution is 5.33. The molecule has 0 spiro atoms. The lowest BCUT2D eigenvalue weighted by atomic mass is 9.80. The fourth-order valence-corrected chi connectivity index (χ4v) is 3.88. The largest absolute Gasteiger partial charge is 0.332 e. The van der Waals surface area contributed by atoms with Gasteiger partial charge in [-0.25, -0.2) is 18.2 Å². The molecule has 1 aromatic heterocycles. The number of nitrogens with two attached hydrogens (primary N) is 1. The third-order valence-corrected chi connectivity index (χ3v) is 5.06. The van der Waals surface area contributed by atoms with Gasteiger partial charge in [-0.15, -0.1) is 0 Å². The Morgan fingerprint density at radius 2 is 1.83 bits per heavy atom. The third-order valence-electron chi connectivity index (χ3n) is 5.06. The summed E-state index contributed by atoms with van der Waals surface area (Å²) in [4.78, 5) is 4.69. The van der Waals surface area contributed by atoms with Crippen molar-refractivity contribution in [2.45, 2.75) is 50.6 Å². The number of aryl methyl sites for hydroxylation is 1. The summed E-state index contributed by atoms with van der Waals surface area (Å²) in [5.41, 5.74) is 8.46. The van der Waals surface area contributed by atoms with E-state index in [0.29, 0.717) is 18.9 Å². The van der Waals surface area contributed by atoms with Crippen LogP contribution in [-0.2, 0) is 25.8 Å². The first-order valence-electron chi connectivity index (χ1n) is 8.01. The van der Waals surface area contributed by atoms with Crippen LogP contribution in [0.1, 0.15) is 41.5 Å². The number of halogens is 3. The summed E-state index contributed by atoms with van der Waals surface area (Å²) in [6.45, 7) is 0.953. The van der Waals surface area contributed by atoms with E-state index < -0.39 is 17.5 Å². The normalized spacial score (nSPS) is 23.5. The third kappa shape index (κ3) is 2.36. The zero-order valence-electron chi connectivity index (χ0n) is 12.7. The standard InChI is InChI=1S/C17H18F3N3/c18-11-7-13(20)12(19)5-9(11)10-6-15-16(8-14(10)21)23-4-2-1-3-17(23)22-15/h5,7,10,14H,1-4,6,8,21H2. The van der Waals surface area contributed by atoms with Crippen molar-refractivity contribution in [1.29, 1.82) is 0 Å². The summed E-state index contributed by atoms with van der Waals surface area (Å²) < 4.78 is 43.0. The van der Waals surface area contributed by atoms with Crippen molar-refractivity contribution >= 4 is 0 Å². The number of aromatic nitrogens is 2. The van der Waals surface area contributed by atoms with Crippen LogP contribution in [0.3, 0.4) is 0 Å². The SMILES string of the molecule is NC1Cc2c(nc3n2CCCC3)CC1c1cc(F)c(F)cc1F. The first-order chi connectivity index (χ1) is 11.0. The van der Waals surface area contributed by atoms with Gasteiger partial charge < -0.3 is 10.3 Å². The number of benzene rings is 1. The average Bonchev–Trinajstić information content (AvgIpc) is 2.88. The molecule has 0 saturated heterocycles. The van der Waals surface area contributed by atoms with Gasteiger partial charge in [-0.2, -0.15) is 0 Å². The summed E-state index contributed by atoms with van der Waals surface area (Å²) in [5.74, 6) is -2.26. The molecule has 2 N–H and O–H groups in total. The molecule has 4 rings (SSSR count). The number of hydrogen-bond acceptors (Lipinski definition) is 2. The van der Waals surface area contributed by atoms with Gasteiger partial charge in [0.05, 0.1) is 5.69 Å². The Labute approximate surface area is 132 Å². The van der Waals surface area contributed by atoms with Crippen LogP contribution in [-0.4, -0.2) is 15.6 Å². The zero-order chi connectivity index (χ0) is 16.1. The maximum absolute atomic E-state index is 14.1. The first kappa shape index (κ1) is 14.8. The topological polar surface area (TPSA) is 43.8 Å². The second kappa shape index (κ2) is 5.37. The number of nitrogens with zero attached hydrogens (tertiary/aromatic N) is 2. The molecule has 0 amide bonds. The number of rotatable bonds is 1. The fourth-order valence-electron chi connectivity index (χ4n) is 3.88. The molecular formula is C17H18F3N3. The number of hydrogen-bond donors (Lipinski definition) is 1. The predicted octanol–water partition coefficient (Wildman–Crippen LogP) is 2.85. The van der Waals surface area contributed by atoms with E-state index in [0.717, 1.165) is 49.1 Å². The van der Waals surface area contributed by atoms with Gasteiger partial charge in [0.1, 0.15) is 11.6 Å². The zero-order valence-corrected chi connectivity index (χ0v) is 12.7. The van der Waals surface area contributed by atoms with Crippen molar-refractivity contribution < 1.29 is 13.2 Å². The monoisotopic (exact) mass is 321 g/mol. The molecule has 122 valence electrons. The Morgan fingerprint density at radius 1 is 1.04 bits per heavy atom. The quantitative estimate of drug-likeness (QED) is 0.821. The van der Waals surface area contributed by atoms with Gasteiger partial charge in [0.25, 0.3) is 0 Å². The molecule has 2 aliphatic rings. The minimum atomic E-state index is -1.17. The molecule has 1 aliphatic carbocycles. The molecule has 2 unspecified atom stereocenters. The highest BCUT2D eigenvalue weighted by atomic mass is 19.2. The Balaban J connectivity index is 1.73. The molecule has 3 nitrogen and oxygen atoms in total. The van der Waals surface area contributed by atoms with Gasteiger partial charge in [-0.3, -0.25) is 0 Å². The second-order valence-electron chi connectivity index (χ2n) is 6.50. The second-order valence-corrected chi connectivity index (χ2v) is 6.50. The Bertz CT molecular complexity index is 769. The van der Waals surface area contributed by atoms with Gasteiger partial charge >= 0.3 is 0 Å². The summed E-state index contributed by atoms with van der Waals surface area (Å²) in [6.07, 6.45) is 4.27. The van der Waals surface area contributed by atoms with Crippen LogP contribution in [0.4, 0.5) is 13.2 Å². The highest BCUT2D eigenvalue weighted by Gasteiger charge is 2.34. The molecule has 0 radical (unpaired) electrons. The average molecular weight is 321 g/mol. The molecule has 2 heterocycles. The van der Waals surface area contributed by atoms with Crippen LogP contribution < -0.4 is 5.73 Å². The first-order valence-corrected chi connectivity index (χ1v) is 8.01. The van der Waals surface area contributed by atoms with Crippen molar-refractivity contribution in [3.05, 3.63) is 52.4 Å². The smallest absolute Gasteiger partial charge is 0.161 e. The molecule has 1 aliphatic heterocycles. The molecular weight excluding hydrogens is 303 g/mol. The van der Waals surface area contributed by atoms with Crippen LogP contribution in [0, 0.1) is 17.5 Å². The van der Waals surface area contributed by atoms with Crippen LogP contribution in [0.2, 0.25) is 0 Å². The molecule has 0 bridgehead atoms. The van der Waals surface area contributed by atoms with Crippen molar-refractivity contribution in [1.82, 2.24) is 9.55 Å². The maximum Gasteiger partial charge on any atom is 0.161 e. The molecule has 1 aromatic carbocycles. The van der Waals surface area contributed by atoms with Crippen LogP contribution >= 0.6 is 0 Å². The highest BCUT2D eigenvalue weighted by Crippen LogP contribution is 2.35. The van der Waals surface area contributed by atoms with Crippen LogP contribution in [0.5, 0.6) is 0 Å². The molecule has 23 heavy (non-hydrogen) atoms. The van der Waals surface area contributed by atoms with Crippen molar-refractivity contribution in [2.24, 2.45) is 5.73 Å². The van der Waals surface area contributed by atoms with E-state index in [1.807, 2.05) is 0 Å².